The Hall–Kier alpha value is -4.23. The summed E-state index contributed by atoms with van der Waals surface area (Å²) in [7, 11) is 0. The van der Waals surface area contributed by atoms with E-state index in [9.17, 15) is 4.79 Å². The number of ether oxygens (including phenoxy) is 1. The van der Waals surface area contributed by atoms with E-state index in [1.807, 2.05) is 84.9 Å². The van der Waals surface area contributed by atoms with Crippen molar-refractivity contribution in [2.24, 2.45) is 0 Å². The zero-order chi connectivity index (χ0) is 22.9. The summed E-state index contributed by atoms with van der Waals surface area (Å²) >= 11 is 0. The van der Waals surface area contributed by atoms with Crippen LogP contribution in [-0.2, 0) is 17.8 Å². The van der Waals surface area contributed by atoms with Crippen molar-refractivity contribution >= 4 is 11.7 Å². The molecule has 0 fully saturated rings. The molecule has 0 aliphatic carbocycles. The first-order chi connectivity index (χ1) is 16.2. The largest absolute Gasteiger partial charge is 0.489 e. The van der Waals surface area contributed by atoms with Crippen LogP contribution in [0.3, 0.4) is 0 Å². The minimum Gasteiger partial charge on any atom is -0.489 e. The molecule has 3 N–H and O–H groups in total. The van der Waals surface area contributed by atoms with Crippen molar-refractivity contribution < 1.29 is 14.7 Å². The quantitative estimate of drug-likeness (QED) is 0.266. The van der Waals surface area contributed by atoms with Crippen LogP contribution in [0.2, 0.25) is 0 Å². The Kier molecular flexibility index (Phi) is 7.25. The minimum atomic E-state index is -0.700. The SMILES string of the molecule is O=C(NO)C(Cc1ccccc1)Nc1cc(-c2ccc(OCc3ccccc3)cc2)ncn1. The van der Waals surface area contributed by atoms with Gasteiger partial charge in [-0.25, -0.2) is 15.4 Å². The van der Waals surface area contributed by atoms with Crippen LogP contribution in [0.15, 0.2) is 97.3 Å². The first-order valence-corrected chi connectivity index (χ1v) is 10.5. The predicted octanol–water partition coefficient (Wildman–Crippen LogP) is 4.25. The Balaban J connectivity index is 1.44. The highest BCUT2D eigenvalue weighted by Crippen LogP contribution is 2.23. The number of carbonyl (C=O) groups excluding carboxylic acids is 1. The van der Waals surface area contributed by atoms with Crippen LogP contribution >= 0.6 is 0 Å². The zero-order valence-corrected chi connectivity index (χ0v) is 17.9. The van der Waals surface area contributed by atoms with E-state index in [2.05, 4.69) is 15.3 Å². The van der Waals surface area contributed by atoms with Crippen molar-refractivity contribution in [2.45, 2.75) is 19.1 Å². The van der Waals surface area contributed by atoms with Gasteiger partial charge in [0.25, 0.3) is 5.91 Å². The van der Waals surface area contributed by atoms with Gasteiger partial charge in [-0.05, 0) is 35.4 Å². The second-order valence-corrected chi connectivity index (χ2v) is 7.45. The van der Waals surface area contributed by atoms with Gasteiger partial charge in [0.05, 0.1) is 5.69 Å². The second-order valence-electron chi connectivity index (χ2n) is 7.45. The number of amides is 1. The van der Waals surface area contributed by atoms with Crippen LogP contribution in [-0.4, -0.2) is 27.1 Å². The van der Waals surface area contributed by atoms with E-state index < -0.39 is 11.9 Å². The van der Waals surface area contributed by atoms with E-state index in [1.165, 1.54) is 6.33 Å². The average Bonchev–Trinajstić information content (AvgIpc) is 2.88. The first-order valence-electron chi connectivity index (χ1n) is 10.5. The van der Waals surface area contributed by atoms with Crippen LogP contribution in [0.25, 0.3) is 11.3 Å². The Bertz CT molecular complexity index is 1170. The summed E-state index contributed by atoms with van der Waals surface area (Å²) in [6.45, 7) is 0.498. The molecule has 7 nitrogen and oxygen atoms in total. The van der Waals surface area contributed by atoms with Crippen molar-refractivity contribution in [1.82, 2.24) is 15.4 Å². The van der Waals surface area contributed by atoms with Crippen molar-refractivity contribution in [1.29, 1.82) is 0 Å². The van der Waals surface area contributed by atoms with Gasteiger partial charge in [-0.1, -0.05) is 60.7 Å². The smallest absolute Gasteiger partial charge is 0.266 e. The molecule has 0 bridgehead atoms. The molecule has 7 heteroatoms. The second kappa shape index (κ2) is 10.9. The molecule has 1 aromatic heterocycles. The Morgan fingerprint density at radius 3 is 2.21 bits per heavy atom. The van der Waals surface area contributed by atoms with Gasteiger partial charge < -0.3 is 10.1 Å². The molecular weight excluding hydrogens is 416 g/mol. The van der Waals surface area contributed by atoms with E-state index in [0.717, 1.165) is 22.4 Å². The molecule has 166 valence electrons. The molecule has 1 atom stereocenters. The van der Waals surface area contributed by atoms with Gasteiger partial charge in [-0.3, -0.25) is 10.0 Å². The van der Waals surface area contributed by atoms with Crippen LogP contribution < -0.4 is 15.5 Å². The lowest BCUT2D eigenvalue weighted by atomic mass is 10.1. The molecular formula is C26H24N4O3. The maximum Gasteiger partial charge on any atom is 0.266 e. The molecule has 3 aromatic carbocycles. The van der Waals surface area contributed by atoms with Gasteiger partial charge in [-0.2, -0.15) is 0 Å². The molecule has 0 aliphatic heterocycles. The fourth-order valence-electron chi connectivity index (χ4n) is 3.37. The van der Waals surface area contributed by atoms with Crippen LogP contribution in [0, 0.1) is 0 Å². The third kappa shape index (κ3) is 6.15. The Labute approximate surface area is 192 Å². The third-order valence-corrected chi connectivity index (χ3v) is 5.10. The molecule has 0 spiro atoms. The van der Waals surface area contributed by atoms with Gasteiger partial charge >= 0.3 is 0 Å². The average molecular weight is 441 g/mol. The minimum absolute atomic E-state index is 0.389. The highest BCUT2D eigenvalue weighted by molar-refractivity contribution is 5.83. The Morgan fingerprint density at radius 1 is 0.879 bits per heavy atom. The summed E-state index contributed by atoms with van der Waals surface area (Å²) in [6.07, 6.45) is 1.83. The molecule has 0 saturated heterocycles. The fraction of sp³-hybridized carbons (Fsp3) is 0.115. The number of hydroxylamine groups is 1. The van der Waals surface area contributed by atoms with Crippen LogP contribution in [0.1, 0.15) is 11.1 Å². The monoisotopic (exact) mass is 440 g/mol. The molecule has 4 aromatic rings. The van der Waals surface area contributed by atoms with E-state index in [4.69, 9.17) is 9.94 Å². The molecule has 1 heterocycles. The number of anilines is 1. The van der Waals surface area contributed by atoms with Crippen LogP contribution in [0.4, 0.5) is 5.82 Å². The van der Waals surface area contributed by atoms with Gasteiger partial charge in [0, 0.05) is 18.1 Å². The predicted molar refractivity (Wildman–Crippen MR) is 126 cm³/mol. The number of carbonyl (C=O) groups is 1. The molecule has 0 aliphatic rings. The summed E-state index contributed by atoms with van der Waals surface area (Å²) in [4.78, 5) is 20.8. The molecule has 1 amide bonds. The van der Waals surface area contributed by atoms with Gasteiger partial charge in [-0.15, -0.1) is 0 Å². The van der Waals surface area contributed by atoms with E-state index in [-0.39, 0.29) is 0 Å². The lowest BCUT2D eigenvalue weighted by Crippen LogP contribution is -2.39. The molecule has 33 heavy (non-hydrogen) atoms. The summed E-state index contributed by atoms with van der Waals surface area (Å²) in [5, 5.41) is 12.2. The maximum absolute atomic E-state index is 12.2. The first kappa shape index (κ1) is 22.0. The lowest BCUT2D eigenvalue weighted by Gasteiger charge is -2.17. The summed E-state index contributed by atoms with van der Waals surface area (Å²) in [6, 6.07) is 28.2. The molecule has 0 radical (unpaired) electrons. The fourth-order valence-corrected chi connectivity index (χ4v) is 3.37. The normalized spacial score (nSPS) is 11.4. The zero-order valence-electron chi connectivity index (χ0n) is 17.9. The van der Waals surface area contributed by atoms with Crippen molar-refractivity contribution in [3.63, 3.8) is 0 Å². The Morgan fingerprint density at radius 2 is 1.55 bits per heavy atom. The van der Waals surface area contributed by atoms with Crippen molar-refractivity contribution in [2.75, 3.05) is 5.32 Å². The van der Waals surface area contributed by atoms with Gasteiger partial charge in [0.1, 0.15) is 30.5 Å². The van der Waals surface area contributed by atoms with E-state index >= 15 is 0 Å². The topological polar surface area (TPSA) is 96.4 Å². The number of hydrogen-bond donors (Lipinski definition) is 3. The highest BCUT2D eigenvalue weighted by atomic mass is 16.5. The number of aromatic nitrogens is 2. The van der Waals surface area contributed by atoms with Gasteiger partial charge in [0.2, 0.25) is 0 Å². The molecule has 4 rings (SSSR count). The number of rotatable bonds is 9. The van der Waals surface area contributed by atoms with Crippen molar-refractivity contribution in [3.05, 3.63) is 108 Å². The van der Waals surface area contributed by atoms with Gasteiger partial charge in [0.15, 0.2) is 0 Å². The lowest BCUT2D eigenvalue weighted by molar-refractivity contribution is -0.130. The van der Waals surface area contributed by atoms with E-state index in [1.54, 1.807) is 11.5 Å². The number of nitrogens with zero attached hydrogens (tertiary/aromatic N) is 2. The molecule has 0 saturated carbocycles. The van der Waals surface area contributed by atoms with Crippen molar-refractivity contribution in [3.8, 4) is 17.0 Å². The standard InChI is InChI=1S/C26H24N4O3/c31-26(30-32)24(15-19-7-3-1-4-8-19)29-25-16-23(27-18-28-25)21-11-13-22(14-12-21)33-17-20-9-5-2-6-10-20/h1-14,16,18,24,32H,15,17H2,(H,30,31)(H,27,28,29). The van der Waals surface area contributed by atoms with Crippen LogP contribution in [0.5, 0.6) is 5.75 Å². The summed E-state index contributed by atoms with van der Waals surface area (Å²) in [5.41, 5.74) is 5.37. The third-order valence-electron chi connectivity index (χ3n) is 5.10. The molecule has 1 unspecified atom stereocenters. The number of benzene rings is 3. The highest BCUT2D eigenvalue weighted by Gasteiger charge is 2.19. The maximum atomic E-state index is 12.2. The number of hydrogen-bond acceptors (Lipinski definition) is 6. The summed E-state index contributed by atoms with van der Waals surface area (Å²) in [5.74, 6) is 0.699. The summed E-state index contributed by atoms with van der Waals surface area (Å²) < 4.78 is 5.84. The van der Waals surface area contributed by atoms with E-state index in [0.29, 0.717) is 24.5 Å². The number of nitrogens with one attached hydrogen (secondary N) is 2.